The molecule has 0 aliphatic carbocycles. The van der Waals surface area contributed by atoms with Gasteiger partial charge in [0.15, 0.2) is 11.6 Å². The van der Waals surface area contributed by atoms with Crippen molar-refractivity contribution in [2.45, 2.75) is 0 Å². The second kappa shape index (κ2) is 4.31. The van der Waals surface area contributed by atoms with Crippen LogP contribution >= 0.6 is 22.6 Å². The molecule has 90 valence electrons. The van der Waals surface area contributed by atoms with Crippen LogP contribution in [-0.2, 0) is 0 Å². The predicted molar refractivity (Wildman–Crippen MR) is 74.2 cm³/mol. The maximum Gasteiger partial charge on any atom is 0.186 e. The van der Waals surface area contributed by atoms with Crippen LogP contribution in [-0.4, -0.2) is 9.97 Å². The van der Waals surface area contributed by atoms with Crippen molar-refractivity contribution in [1.82, 2.24) is 9.97 Å². The molecule has 1 heterocycles. The fraction of sp³-hybridized carbons (Fsp3) is 0. The molecule has 0 aliphatic heterocycles. The van der Waals surface area contributed by atoms with Crippen LogP contribution in [0, 0.1) is 15.2 Å². The van der Waals surface area contributed by atoms with Gasteiger partial charge in [0.05, 0.1) is 5.52 Å². The lowest BCUT2D eigenvalue weighted by Crippen LogP contribution is -1.84. The number of halogens is 3. The number of rotatable bonds is 1. The summed E-state index contributed by atoms with van der Waals surface area (Å²) in [6, 6.07) is 10.2. The molecule has 3 rings (SSSR count). The Kier molecular flexibility index (Phi) is 2.77. The molecule has 0 atom stereocenters. The molecule has 2 nitrogen and oxygen atoms in total. The molecule has 1 aromatic heterocycles. The average molecular weight is 356 g/mol. The van der Waals surface area contributed by atoms with Crippen molar-refractivity contribution in [2.75, 3.05) is 0 Å². The minimum atomic E-state index is -0.916. The summed E-state index contributed by atoms with van der Waals surface area (Å²) in [6.07, 6.45) is 0. The van der Waals surface area contributed by atoms with Crippen LogP contribution in [0.4, 0.5) is 8.78 Å². The minimum Gasteiger partial charge on any atom is -0.338 e. The van der Waals surface area contributed by atoms with Crippen LogP contribution in [0.25, 0.3) is 22.4 Å². The summed E-state index contributed by atoms with van der Waals surface area (Å²) in [5.41, 5.74) is 1.37. The van der Waals surface area contributed by atoms with Crippen molar-refractivity contribution in [3.05, 3.63) is 51.6 Å². The molecule has 1 N–H and O–H groups in total. The highest BCUT2D eigenvalue weighted by atomic mass is 127. The Balaban J connectivity index is 2.23. The maximum atomic E-state index is 13.5. The molecule has 0 amide bonds. The Morgan fingerprint density at radius 3 is 2.72 bits per heavy atom. The van der Waals surface area contributed by atoms with Gasteiger partial charge in [-0.1, -0.05) is 12.1 Å². The van der Waals surface area contributed by atoms with Gasteiger partial charge in [0.2, 0.25) is 0 Å². The molecule has 3 aromatic rings. The molecule has 0 bridgehead atoms. The summed E-state index contributed by atoms with van der Waals surface area (Å²) < 4.78 is 27.7. The number of fused-ring (bicyclic) bond motifs is 1. The van der Waals surface area contributed by atoms with Crippen molar-refractivity contribution in [3.8, 4) is 11.4 Å². The van der Waals surface area contributed by atoms with E-state index in [0.717, 1.165) is 15.2 Å². The summed E-state index contributed by atoms with van der Waals surface area (Å²) in [5, 5.41) is 0. The Hall–Kier alpha value is -1.50. The summed E-state index contributed by atoms with van der Waals surface area (Å²) in [6.45, 7) is 0. The third-order valence-electron chi connectivity index (χ3n) is 2.64. The van der Waals surface area contributed by atoms with E-state index in [1.807, 2.05) is 24.3 Å². The van der Waals surface area contributed by atoms with E-state index in [2.05, 4.69) is 32.6 Å². The average Bonchev–Trinajstić information content (AvgIpc) is 2.79. The van der Waals surface area contributed by atoms with Gasteiger partial charge < -0.3 is 4.98 Å². The van der Waals surface area contributed by atoms with Crippen molar-refractivity contribution in [2.24, 2.45) is 0 Å². The van der Waals surface area contributed by atoms with Gasteiger partial charge in [0, 0.05) is 9.13 Å². The number of benzene rings is 2. The van der Waals surface area contributed by atoms with Gasteiger partial charge in [-0.15, -0.1) is 0 Å². The van der Waals surface area contributed by atoms with Gasteiger partial charge in [-0.2, -0.15) is 0 Å². The Bertz CT molecular complexity index is 737. The largest absolute Gasteiger partial charge is 0.338 e. The monoisotopic (exact) mass is 356 g/mol. The number of imidazole rings is 1. The molecular weight excluding hydrogens is 349 g/mol. The Morgan fingerprint density at radius 2 is 1.94 bits per heavy atom. The minimum absolute atomic E-state index is 0.0314. The Morgan fingerprint density at radius 1 is 1.11 bits per heavy atom. The van der Waals surface area contributed by atoms with Crippen LogP contribution in [0.5, 0.6) is 0 Å². The fourth-order valence-corrected chi connectivity index (χ4v) is 2.33. The van der Waals surface area contributed by atoms with Gasteiger partial charge >= 0.3 is 0 Å². The van der Waals surface area contributed by atoms with E-state index < -0.39 is 11.6 Å². The van der Waals surface area contributed by atoms with Crippen LogP contribution in [0.1, 0.15) is 0 Å². The lowest BCUT2D eigenvalue weighted by Gasteiger charge is -1.96. The van der Waals surface area contributed by atoms with E-state index in [-0.39, 0.29) is 5.52 Å². The molecule has 0 saturated carbocycles. The summed E-state index contributed by atoms with van der Waals surface area (Å²) in [5.74, 6) is -1.27. The van der Waals surface area contributed by atoms with Gasteiger partial charge in [-0.3, -0.25) is 0 Å². The number of aromatic nitrogens is 2. The molecule has 5 heteroatoms. The number of aromatic amines is 1. The van der Waals surface area contributed by atoms with E-state index in [4.69, 9.17) is 0 Å². The quantitative estimate of drug-likeness (QED) is 0.653. The number of hydrogen-bond donors (Lipinski definition) is 1. The molecule has 0 saturated heterocycles. The summed E-state index contributed by atoms with van der Waals surface area (Å²) >= 11 is 2.19. The van der Waals surface area contributed by atoms with E-state index in [0.29, 0.717) is 11.3 Å². The van der Waals surface area contributed by atoms with Crippen LogP contribution in [0.15, 0.2) is 36.4 Å². The fourth-order valence-electron chi connectivity index (χ4n) is 1.79. The SMILES string of the molecule is Fc1ccc2[nH]c(-c3cccc(I)c3)nc2c1F. The number of hydrogen-bond acceptors (Lipinski definition) is 1. The first-order valence-electron chi connectivity index (χ1n) is 5.25. The van der Waals surface area contributed by atoms with E-state index in [1.165, 1.54) is 6.07 Å². The third kappa shape index (κ3) is 1.88. The lowest BCUT2D eigenvalue weighted by molar-refractivity contribution is 0.515. The van der Waals surface area contributed by atoms with Gasteiger partial charge in [0.25, 0.3) is 0 Å². The van der Waals surface area contributed by atoms with Crippen LogP contribution in [0.3, 0.4) is 0 Å². The molecule has 0 radical (unpaired) electrons. The van der Waals surface area contributed by atoms with E-state index >= 15 is 0 Å². The number of nitrogens with one attached hydrogen (secondary N) is 1. The third-order valence-corrected chi connectivity index (χ3v) is 3.31. The van der Waals surface area contributed by atoms with Crippen molar-refractivity contribution >= 4 is 33.6 Å². The molecule has 0 fully saturated rings. The highest BCUT2D eigenvalue weighted by molar-refractivity contribution is 14.1. The highest BCUT2D eigenvalue weighted by Crippen LogP contribution is 2.24. The Labute approximate surface area is 115 Å². The normalized spacial score (nSPS) is 11.1. The van der Waals surface area contributed by atoms with E-state index in [9.17, 15) is 8.78 Å². The smallest absolute Gasteiger partial charge is 0.186 e. The van der Waals surface area contributed by atoms with E-state index in [1.54, 1.807) is 0 Å². The number of H-pyrrole nitrogens is 1. The van der Waals surface area contributed by atoms with Gasteiger partial charge in [-0.25, -0.2) is 13.8 Å². The first kappa shape index (κ1) is 11.6. The molecular formula is C13H7F2IN2. The zero-order chi connectivity index (χ0) is 12.7. The topological polar surface area (TPSA) is 28.7 Å². The maximum absolute atomic E-state index is 13.5. The summed E-state index contributed by atoms with van der Waals surface area (Å²) in [4.78, 5) is 7.10. The second-order valence-electron chi connectivity index (χ2n) is 3.85. The van der Waals surface area contributed by atoms with Crippen molar-refractivity contribution < 1.29 is 8.78 Å². The molecule has 0 unspecified atom stereocenters. The van der Waals surface area contributed by atoms with Crippen LogP contribution < -0.4 is 0 Å². The summed E-state index contributed by atoms with van der Waals surface area (Å²) in [7, 11) is 0. The second-order valence-corrected chi connectivity index (χ2v) is 5.10. The van der Waals surface area contributed by atoms with Gasteiger partial charge in [-0.05, 0) is 46.9 Å². The lowest BCUT2D eigenvalue weighted by atomic mass is 10.2. The highest BCUT2D eigenvalue weighted by Gasteiger charge is 2.12. The first-order chi connectivity index (χ1) is 8.65. The van der Waals surface area contributed by atoms with Crippen molar-refractivity contribution in [1.29, 1.82) is 0 Å². The van der Waals surface area contributed by atoms with Gasteiger partial charge in [0.1, 0.15) is 11.3 Å². The molecule has 0 spiro atoms. The zero-order valence-electron chi connectivity index (χ0n) is 9.05. The van der Waals surface area contributed by atoms with Crippen molar-refractivity contribution in [3.63, 3.8) is 0 Å². The standard InChI is InChI=1S/C13H7F2IN2/c14-9-4-5-10-12(11(9)15)18-13(17-10)7-2-1-3-8(16)6-7/h1-6H,(H,17,18). The zero-order valence-corrected chi connectivity index (χ0v) is 11.2. The predicted octanol–water partition coefficient (Wildman–Crippen LogP) is 4.11. The number of nitrogens with zero attached hydrogens (tertiary/aromatic N) is 1. The molecule has 2 aromatic carbocycles. The molecule has 18 heavy (non-hydrogen) atoms. The molecule has 0 aliphatic rings. The van der Waals surface area contributed by atoms with Crippen LogP contribution in [0.2, 0.25) is 0 Å². The first-order valence-corrected chi connectivity index (χ1v) is 6.32.